The summed E-state index contributed by atoms with van der Waals surface area (Å²) in [5, 5.41) is 4.22. The van der Waals surface area contributed by atoms with Gasteiger partial charge in [-0.05, 0) is 36.2 Å². The van der Waals surface area contributed by atoms with Crippen molar-refractivity contribution in [3.63, 3.8) is 0 Å². The van der Waals surface area contributed by atoms with E-state index in [0.717, 1.165) is 23.4 Å². The van der Waals surface area contributed by atoms with Crippen molar-refractivity contribution in [3.05, 3.63) is 78.1 Å². The summed E-state index contributed by atoms with van der Waals surface area (Å²) >= 11 is 0. The molecule has 0 radical (unpaired) electrons. The number of sulfonamides is 1. The second-order valence-electron chi connectivity index (χ2n) is 5.38. The average Bonchev–Trinajstić information content (AvgIpc) is 3.03. The van der Waals surface area contributed by atoms with Gasteiger partial charge in [-0.2, -0.15) is 5.10 Å². The summed E-state index contributed by atoms with van der Waals surface area (Å²) in [6.07, 6.45) is 3.83. The first-order valence-corrected chi connectivity index (χ1v) is 8.97. The molecule has 0 aliphatic rings. The molecule has 0 unspecified atom stereocenters. The molecule has 1 N–H and O–H groups in total. The van der Waals surface area contributed by atoms with Crippen molar-refractivity contribution in [2.75, 3.05) is 6.54 Å². The van der Waals surface area contributed by atoms with Gasteiger partial charge in [-0.25, -0.2) is 26.6 Å². The number of para-hydroxylation sites is 1. The van der Waals surface area contributed by atoms with Crippen LogP contribution in [0.4, 0.5) is 8.78 Å². The van der Waals surface area contributed by atoms with E-state index in [4.69, 9.17) is 0 Å². The van der Waals surface area contributed by atoms with Crippen LogP contribution >= 0.6 is 0 Å². The molecule has 0 amide bonds. The first kappa shape index (κ1) is 17.2. The molecule has 3 aromatic rings. The minimum atomic E-state index is -3.98. The first-order valence-electron chi connectivity index (χ1n) is 7.49. The summed E-state index contributed by atoms with van der Waals surface area (Å²) in [7, 11) is -3.98. The first-order chi connectivity index (χ1) is 11.9. The zero-order chi connectivity index (χ0) is 17.9. The van der Waals surface area contributed by atoms with Crippen LogP contribution in [0.1, 0.15) is 5.56 Å². The van der Waals surface area contributed by atoms with Crippen LogP contribution < -0.4 is 4.72 Å². The minimum Gasteiger partial charge on any atom is -0.241 e. The molecule has 5 nitrogen and oxygen atoms in total. The average molecular weight is 363 g/mol. The van der Waals surface area contributed by atoms with Gasteiger partial charge in [0, 0.05) is 18.8 Å². The number of hydrogen-bond donors (Lipinski definition) is 1. The quantitative estimate of drug-likeness (QED) is 0.732. The van der Waals surface area contributed by atoms with Gasteiger partial charge < -0.3 is 0 Å². The fraction of sp³-hybridized carbons (Fsp3) is 0.118. The lowest BCUT2D eigenvalue weighted by molar-refractivity contribution is 0.561. The molecule has 0 bridgehead atoms. The van der Waals surface area contributed by atoms with Crippen LogP contribution in [0.3, 0.4) is 0 Å². The van der Waals surface area contributed by atoms with Crippen molar-refractivity contribution in [3.8, 4) is 5.69 Å². The van der Waals surface area contributed by atoms with Gasteiger partial charge in [0.05, 0.1) is 16.8 Å². The molecule has 1 aromatic heterocycles. The SMILES string of the molecule is O=S(=O)(NCCc1cnn(-c2ccccc2)c1)c1cc(F)cc(F)c1. The lowest BCUT2D eigenvalue weighted by atomic mass is 10.2. The molecular weight excluding hydrogens is 348 g/mol. The summed E-state index contributed by atoms with van der Waals surface area (Å²) in [4.78, 5) is -0.440. The van der Waals surface area contributed by atoms with Crippen molar-refractivity contribution < 1.29 is 17.2 Å². The normalized spacial score (nSPS) is 11.6. The number of hydrogen-bond acceptors (Lipinski definition) is 3. The Morgan fingerprint density at radius 3 is 2.40 bits per heavy atom. The third kappa shape index (κ3) is 4.28. The van der Waals surface area contributed by atoms with Crippen molar-refractivity contribution >= 4 is 10.0 Å². The largest absolute Gasteiger partial charge is 0.241 e. The van der Waals surface area contributed by atoms with Gasteiger partial charge in [0.15, 0.2) is 0 Å². The summed E-state index contributed by atoms with van der Waals surface area (Å²) in [5.41, 5.74) is 1.72. The highest BCUT2D eigenvalue weighted by Crippen LogP contribution is 2.13. The summed E-state index contributed by atoms with van der Waals surface area (Å²) < 4.78 is 54.5. The number of halogens is 2. The fourth-order valence-corrected chi connectivity index (χ4v) is 3.38. The number of aromatic nitrogens is 2. The third-order valence-corrected chi connectivity index (χ3v) is 4.95. The maximum absolute atomic E-state index is 13.2. The second kappa shape index (κ2) is 7.12. The molecule has 25 heavy (non-hydrogen) atoms. The van der Waals surface area contributed by atoms with E-state index in [0.29, 0.717) is 12.5 Å². The van der Waals surface area contributed by atoms with Crippen molar-refractivity contribution in [1.29, 1.82) is 0 Å². The van der Waals surface area contributed by atoms with Gasteiger partial charge >= 0.3 is 0 Å². The zero-order valence-corrected chi connectivity index (χ0v) is 13.9. The van der Waals surface area contributed by atoms with E-state index in [-0.39, 0.29) is 6.54 Å². The summed E-state index contributed by atoms with van der Waals surface area (Å²) in [6.45, 7) is 0.0843. The summed E-state index contributed by atoms with van der Waals surface area (Å²) in [5.74, 6) is -1.88. The van der Waals surface area contributed by atoms with E-state index in [1.54, 1.807) is 17.1 Å². The van der Waals surface area contributed by atoms with Gasteiger partial charge in [0.25, 0.3) is 0 Å². The topological polar surface area (TPSA) is 64.0 Å². The maximum atomic E-state index is 13.2. The Hall–Kier alpha value is -2.58. The molecule has 0 spiro atoms. The Balaban J connectivity index is 1.64. The Labute approximate surface area is 144 Å². The number of nitrogens with one attached hydrogen (secondary N) is 1. The molecule has 130 valence electrons. The Bertz CT molecular complexity index is 952. The Kier molecular flexibility index (Phi) is 4.91. The molecule has 0 saturated heterocycles. The van der Waals surface area contributed by atoms with Crippen LogP contribution in [-0.2, 0) is 16.4 Å². The van der Waals surface area contributed by atoms with E-state index >= 15 is 0 Å². The van der Waals surface area contributed by atoms with E-state index in [2.05, 4.69) is 9.82 Å². The van der Waals surface area contributed by atoms with Crippen molar-refractivity contribution in [1.82, 2.24) is 14.5 Å². The highest BCUT2D eigenvalue weighted by Gasteiger charge is 2.16. The van der Waals surface area contributed by atoms with Crippen LogP contribution in [0.25, 0.3) is 5.69 Å². The molecule has 2 aromatic carbocycles. The standard InChI is InChI=1S/C17H15F2N3O2S/c18-14-8-15(19)10-17(9-14)25(23,24)21-7-6-13-11-20-22(12-13)16-4-2-1-3-5-16/h1-5,8-12,21H,6-7H2. The van der Waals surface area contributed by atoms with Gasteiger partial charge in [-0.1, -0.05) is 18.2 Å². The van der Waals surface area contributed by atoms with E-state index in [1.807, 2.05) is 30.3 Å². The van der Waals surface area contributed by atoms with Crippen molar-refractivity contribution in [2.24, 2.45) is 0 Å². The highest BCUT2D eigenvalue weighted by molar-refractivity contribution is 7.89. The van der Waals surface area contributed by atoms with Crippen LogP contribution in [0.15, 0.2) is 65.8 Å². The lowest BCUT2D eigenvalue weighted by Gasteiger charge is -2.06. The molecular formula is C17H15F2N3O2S. The predicted molar refractivity (Wildman–Crippen MR) is 88.8 cm³/mol. The van der Waals surface area contributed by atoms with Gasteiger partial charge in [0.1, 0.15) is 11.6 Å². The number of benzene rings is 2. The smallest absolute Gasteiger partial charge is 0.240 e. The van der Waals surface area contributed by atoms with Gasteiger partial charge in [-0.3, -0.25) is 0 Å². The van der Waals surface area contributed by atoms with Gasteiger partial charge in [-0.15, -0.1) is 0 Å². The van der Waals surface area contributed by atoms with Crippen molar-refractivity contribution in [2.45, 2.75) is 11.3 Å². The van der Waals surface area contributed by atoms with Crippen LogP contribution in [0, 0.1) is 11.6 Å². The lowest BCUT2D eigenvalue weighted by Crippen LogP contribution is -2.26. The minimum absolute atomic E-state index is 0.0843. The molecule has 8 heteroatoms. The van der Waals surface area contributed by atoms with Gasteiger partial charge in [0.2, 0.25) is 10.0 Å². The van der Waals surface area contributed by atoms with Crippen LogP contribution in [-0.4, -0.2) is 24.7 Å². The van der Waals surface area contributed by atoms with E-state index in [1.165, 1.54) is 0 Å². The van der Waals surface area contributed by atoms with Crippen LogP contribution in [0.5, 0.6) is 0 Å². The molecule has 0 atom stereocenters. The molecule has 0 aliphatic heterocycles. The monoisotopic (exact) mass is 363 g/mol. The molecule has 1 heterocycles. The Morgan fingerprint density at radius 1 is 1.04 bits per heavy atom. The van der Waals surface area contributed by atoms with E-state index in [9.17, 15) is 17.2 Å². The molecule has 0 fully saturated rings. The zero-order valence-electron chi connectivity index (χ0n) is 13.1. The molecule has 0 aliphatic carbocycles. The van der Waals surface area contributed by atoms with Crippen LogP contribution in [0.2, 0.25) is 0 Å². The second-order valence-corrected chi connectivity index (χ2v) is 7.15. The maximum Gasteiger partial charge on any atom is 0.240 e. The predicted octanol–water partition coefficient (Wildman–Crippen LogP) is 2.67. The van der Waals surface area contributed by atoms with E-state index < -0.39 is 26.6 Å². The summed E-state index contributed by atoms with van der Waals surface area (Å²) in [6, 6.07) is 11.7. The number of nitrogens with zero attached hydrogens (tertiary/aromatic N) is 2. The molecule has 3 rings (SSSR count). The molecule has 0 saturated carbocycles. The number of rotatable bonds is 6. The fourth-order valence-electron chi connectivity index (χ4n) is 2.31. The Morgan fingerprint density at radius 2 is 1.72 bits per heavy atom. The third-order valence-electron chi connectivity index (χ3n) is 3.51. The highest BCUT2D eigenvalue weighted by atomic mass is 32.2.